The lowest BCUT2D eigenvalue weighted by molar-refractivity contribution is -0.277. The Hall–Kier alpha value is -2.93. The monoisotopic (exact) mass is 450 g/mol. The minimum atomic E-state index is -2.31. The van der Waals surface area contributed by atoms with E-state index in [2.05, 4.69) is 0 Å². The van der Waals surface area contributed by atoms with Crippen LogP contribution in [-0.4, -0.2) is 84.6 Å². The summed E-state index contributed by atoms with van der Waals surface area (Å²) in [7, 11) is 0. The number of rotatable bonds is 5. The van der Waals surface area contributed by atoms with Crippen molar-refractivity contribution < 1.29 is 54.8 Å². The van der Waals surface area contributed by atoms with Crippen molar-refractivity contribution in [2.75, 3.05) is 6.61 Å². The predicted octanol–water partition coefficient (Wildman–Crippen LogP) is -1.22. The Balaban J connectivity index is 1.56. The van der Waals surface area contributed by atoms with E-state index in [1.54, 1.807) is 0 Å². The molecule has 0 spiro atoms. The molecule has 2 heterocycles. The Morgan fingerprint density at radius 2 is 1.69 bits per heavy atom. The summed E-state index contributed by atoms with van der Waals surface area (Å²) < 4.78 is 16.1. The summed E-state index contributed by atoms with van der Waals surface area (Å²) in [6.07, 6.45) is -7.90. The van der Waals surface area contributed by atoms with Crippen LogP contribution >= 0.6 is 0 Å². The van der Waals surface area contributed by atoms with Gasteiger partial charge in [0.15, 0.2) is 0 Å². The van der Waals surface area contributed by atoms with Gasteiger partial charge in [-0.05, 0) is 17.7 Å². The molecule has 2 aromatic rings. The van der Waals surface area contributed by atoms with Crippen LogP contribution < -0.4 is 9.47 Å². The van der Waals surface area contributed by atoms with Gasteiger partial charge in [-0.3, -0.25) is 4.79 Å². The molecule has 0 saturated carbocycles. The van der Waals surface area contributed by atoms with Crippen LogP contribution in [0, 0.1) is 0 Å². The van der Waals surface area contributed by atoms with E-state index >= 15 is 0 Å². The summed E-state index contributed by atoms with van der Waals surface area (Å²) in [5, 5.41) is 69.6. The van der Waals surface area contributed by atoms with Gasteiger partial charge in [0.25, 0.3) is 5.79 Å². The Labute approximate surface area is 181 Å². The van der Waals surface area contributed by atoms with E-state index in [0.29, 0.717) is 5.56 Å². The molecule has 0 bridgehead atoms. The lowest BCUT2D eigenvalue weighted by Gasteiger charge is -2.39. The van der Waals surface area contributed by atoms with Gasteiger partial charge in [0.05, 0.1) is 6.61 Å². The number of aromatic hydroxyl groups is 2. The topological polar surface area (TPSA) is 186 Å². The zero-order valence-electron chi connectivity index (χ0n) is 16.5. The van der Waals surface area contributed by atoms with Gasteiger partial charge in [0, 0.05) is 18.6 Å². The molecular weight excluding hydrogens is 428 g/mol. The Morgan fingerprint density at radius 3 is 2.34 bits per heavy atom. The quantitative estimate of drug-likeness (QED) is 0.289. The number of hydrogen-bond donors (Lipinski definition) is 7. The first kappa shape index (κ1) is 22.3. The van der Waals surface area contributed by atoms with E-state index < -0.39 is 54.6 Å². The van der Waals surface area contributed by atoms with Crippen molar-refractivity contribution >= 4 is 5.78 Å². The third kappa shape index (κ3) is 3.86. The highest BCUT2D eigenvalue weighted by molar-refractivity contribution is 6.08. The van der Waals surface area contributed by atoms with E-state index in [-0.39, 0.29) is 29.2 Å². The number of ether oxygens (including phenoxy) is 3. The van der Waals surface area contributed by atoms with Crippen molar-refractivity contribution in [2.24, 2.45) is 0 Å². The highest BCUT2D eigenvalue weighted by Gasteiger charge is 2.49. The number of fused-ring (bicyclic) bond motifs is 1. The van der Waals surface area contributed by atoms with E-state index in [0.717, 1.165) is 6.07 Å². The van der Waals surface area contributed by atoms with Crippen LogP contribution in [0.2, 0.25) is 0 Å². The molecule has 6 atom stereocenters. The van der Waals surface area contributed by atoms with E-state index in [1.165, 1.54) is 30.3 Å². The number of hydrogen-bond acceptors (Lipinski definition) is 11. The molecule has 0 radical (unpaired) electrons. The summed E-state index contributed by atoms with van der Waals surface area (Å²) in [5.41, 5.74) is 0.219. The van der Waals surface area contributed by atoms with Gasteiger partial charge in [0.2, 0.25) is 12.1 Å². The van der Waals surface area contributed by atoms with Crippen molar-refractivity contribution in [2.45, 2.75) is 42.9 Å². The molecule has 2 aromatic carbocycles. The molecule has 2 aliphatic heterocycles. The van der Waals surface area contributed by atoms with Crippen LogP contribution in [0.15, 0.2) is 36.4 Å². The Kier molecular flexibility index (Phi) is 5.71. The fourth-order valence-corrected chi connectivity index (χ4v) is 3.68. The number of Topliss-reactive ketones (excluding diaryl/α,β-unsaturated/α-hetero) is 1. The second-order valence-electron chi connectivity index (χ2n) is 7.69. The Morgan fingerprint density at radius 1 is 1.00 bits per heavy atom. The fourth-order valence-electron chi connectivity index (χ4n) is 3.68. The van der Waals surface area contributed by atoms with Crippen LogP contribution in [0.3, 0.4) is 0 Å². The summed E-state index contributed by atoms with van der Waals surface area (Å²) in [5.74, 6) is -4.05. The number of phenolic OH excluding ortho intramolecular Hbond substituents is 2. The molecule has 1 fully saturated rings. The van der Waals surface area contributed by atoms with Gasteiger partial charge in [-0.2, -0.15) is 0 Å². The third-order valence-electron chi connectivity index (χ3n) is 5.40. The van der Waals surface area contributed by atoms with Crippen LogP contribution in [0.1, 0.15) is 15.9 Å². The van der Waals surface area contributed by atoms with Crippen molar-refractivity contribution in [3.63, 3.8) is 0 Å². The van der Waals surface area contributed by atoms with Crippen molar-refractivity contribution in [1.29, 1.82) is 0 Å². The fraction of sp³-hybridized carbons (Fsp3) is 0.381. The van der Waals surface area contributed by atoms with E-state index in [4.69, 9.17) is 14.2 Å². The van der Waals surface area contributed by atoms with Gasteiger partial charge in [-0.25, -0.2) is 0 Å². The zero-order chi connectivity index (χ0) is 23.2. The van der Waals surface area contributed by atoms with Crippen molar-refractivity contribution in [3.05, 3.63) is 47.5 Å². The number of ketones is 1. The summed E-state index contributed by atoms with van der Waals surface area (Å²) >= 11 is 0. The Bertz CT molecular complexity index is 1010. The summed E-state index contributed by atoms with van der Waals surface area (Å²) in [6, 6.07) is 7.99. The SMILES string of the molecule is O=C1c2c(O)cc(OC3OC(CO)C(O)C(O)C3O)cc2OC1(O)Cc1ccc(O)cc1. The van der Waals surface area contributed by atoms with Crippen LogP contribution in [0.4, 0.5) is 0 Å². The number of phenols is 2. The van der Waals surface area contributed by atoms with E-state index in [1.807, 2.05) is 0 Å². The molecule has 1 saturated heterocycles. The number of carbonyl (C=O) groups is 1. The van der Waals surface area contributed by atoms with Crippen LogP contribution in [-0.2, 0) is 11.2 Å². The number of carbonyl (C=O) groups excluding carboxylic acids is 1. The maximum atomic E-state index is 12.7. The molecule has 4 rings (SSSR count). The summed E-state index contributed by atoms with van der Waals surface area (Å²) in [4.78, 5) is 12.7. The van der Waals surface area contributed by atoms with Crippen LogP contribution in [0.25, 0.3) is 0 Å². The molecule has 0 aromatic heterocycles. The third-order valence-corrected chi connectivity index (χ3v) is 5.40. The minimum Gasteiger partial charge on any atom is -0.508 e. The lowest BCUT2D eigenvalue weighted by atomic mass is 9.98. The van der Waals surface area contributed by atoms with Crippen LogP contribution in [0.5, 0.6) is 23.0 Å². The van der Waals surface area contributed by atoms with E-state index in [9.17, 15) is 40.5 Å². The van der Waals surface area contributed by atoms with Gasteiger partial charge < -0.3 is 50.0 Å². The molecule has 11 nitrogen and oxygen atoms in total. The minimum absolute atomic E-state index is 0.00956. The second kappa shape index (κ2) is 8.20. The van der Waals surface area contributed by atoms with Gasteiger partial charge >= 0.3 is 0 Å². The maximum Gasteiger partial charge on any atom is 0.277 e. The van der Waals surface area contributed by atoms with Gasteiger partial charge in [-0.1, -0.05) is 12.1 Å². The smallest absolute Gasteiger partial charge is 0.277 e. The average molecular weight is 450 g/mol. The molecule has 0 amide bonds. The molecule has 32 heavy (non-hydrogen) atoms. The molecule has 0 aliphatic carbocycles. The number of aliphatic hydroxyl groups excluding tert-OH is 4. The normalized spacial score (nSPS) is 31.8. The predicted molar refractivity (Wildman–Crippen MR) is 104 cm³/mol. The molecule has 6 unspecified atom stereocenters. The highest BCUT2D eigenvalue weighted by Crippen LogP contribution is 2.43. The second-order valence-corrected chi connectivity index (χ2v) is 7.69. The zero-order valence-corrected chi connectivity index (χ0v) is 16.5. The number of aliphatic hydroxyl groups is 5. The molecule has 11 heteroatoms. The standard InChI is InChI=1S/C21H22O11/c22-8-14-16(25)17(26)18(27)20(31-14)30-11-5-12(24)15-13(6-11)32-21(29,19(15)28)7-9-1-3-10(23)4-2-9/h1-6,14,16-18,20,22-27,29H,7-8H2. The van der Waals surface area contributed by atoms with Gasteiger partial charge in [-0.15, -0.1) is 0 Å². The molecular formula is C21H22O11. The first-order valence-electron chi connectivity index (χ1n) is 9.71. The molecule has 2 aliphatic rings. The first-order chi connectivity index (χ1) is 15.1. The largest absolute Gasteiger partial charge is 0.508 e. The summed E-state index contributed by atoms with van der Waals surface area (Å²) in [6.45, 7) is -0.651. The van der Waals surface area contributed by atoms with Crippen molar-refractivity contribution in [3.8, 4) is 23.0 Å². The van der Waals surface area contributed by atoms with Gasteiger partial charge in [0.1, 0.15) is 53.0 Å². The molecule has 172 valence electrons. The lowest BCUT2D eigenvalue weighted by Crippen LogP contribution is -2.60. The first-order valence-corrected chi connectivity index (χ1v) is 9.71. The average Bonchev–Trinajstić information content (AvgIpc) is 3.00. The van der Waals surface area contributed by atoms with Crippen molar-refractivity contribution in [1.82, 2.24) is 0 Å². The number of benzene rings is 2. The molecule has 7 N–H and O–H groups in total. The maximum absolute atomic E-state index is 12.7. The highest BCUT2D eigenvalue weighted by atomic mass is 16.7.